The molecule has 0 radical (unpaired) electrons. The normalized spacial score (nSPS) is 10.4. The molecule has 0 spiro atoms. The molecule has 0 saturated carbocycles. The summed E-state index contributed by atoms with van der Waals surface area (Å²) in [6, 6.07) is 11.0. The predicted molar refractivity (Wildman–Crippen MR) is 114 cm³/mol. The molecule has 0 aliphatic carbocycles. The smallest absolute Gasteiger partial charge is 0.337 e. The van der Waals surface area contributed by atoms with E-state index in [0.29, 0.717) is 28.7 Å². The number of aryl methyl sites for hydroxylation is 1. The highest BCUT2D eigenvalue weighted by molar-refractivity contribution is 7.80. The lowest BCUT2D eigenvalue weighted by Crippen LogP contribution is -2.28. The van der Waals surface area contributed by atoms with Crippen LogP contribution in [-0.2, 0) is 11.3 Å². The highest BCUT2D eigenvalue weighted by Gasteiger charge is 2.10. The zero-order valence-electron chi connectivity index (χ0n) is 16.8. The van der Waals surface area contributed by atoms with Crippen LogP contribution < -0.4 is 20.1 Å². The van der Waals surface area contributed by atoms with Crippen LogP contribution in [0.4, 0.5) is 5.69 Å². The second kappa shape index (κ2) is 9.94. The topological polar surface area (TPSA) is 68.8 Å². The number of ether oxygens (including phenoxy) is 3. The number of anilines is 1. The summed E-state index contributed by atoms with van der Waals surface area (Å²) >= 11 is 5.38. The molecule has 2 aromatic carbocycles. The van der Waals surface area contributed by atoms with Crippen LogP contribution in [0.2, 0.25) is 0 Å². The van der Waals surface area contributed by atoms with Gasteiger partial charge in [0, 0.05) is 12.2 Å². The molecule has 7 heteroatoms. The first-order chi connectivity index (χ1) is 13.3. The van der Waals surface area contributed by atoms with Crippen LogP contribution in [0.25, 0.3) is 0 Å². The number of hydrogen-bond donors (Lipinski definition) is 2. The van der Waals surface area contributed by atoms with E-state index in [9.17, 15) is 4.79 Å². The van der Waals surface area contributed by atoms with Crippen molar-refractivity contribution in [2.75, 3.05) is 19.5 Å². The Morgan fingerprint density at radius 1 is 1.11 bits per heavy atom. The minimum atomic E-state index is -0.391. The molecule has 0 unspecified atom stereocenters. The van der Waals surface area contributed by atoms with Crippen LogP contribution in [-0.4, -0.2) is 31.4 Å². The van der Waals surface area contributed by atoms with Crippen LogP contribution >= 0.6 is 12.2 Å². The summed E-state index contributed by atoms with van der Waals surface area (Å²) in [5.41, 5.74) is 3.17. The summed E-state index contributed by atoms with van der Waals surface area (Å²) in [6.45, 7) is 6.39. The number of methoxy groups -OCH3 is 2. The Labute approximate surface area is 171 Å². The molecule has 0 bridgehead atoms. The molecule has 2 rings (SSSR count). The van der Waals surface area contributed by atoms with E-state index in [0.717, 1.165) is 16.8 Å². The van der Waals surface area contributed by atoms with Crippen LogP contribution in [0.15, 0.2) is 36.4 Å². The van der Waals surface area contributed by atoms with Gasteiger partial charge in [-0.15, -0.1) is 0 Å². The van der Waals surface area contributed by atoms with Crippen molar-refractivity contribution in [3.63, 3.8) is 0 Å². The van der Waals surface area contributed by atoms with Crippen molar-refractivity contribution < 1.29 is 19.0 Å². The van der Waals surface area contributed by atoms with Gasteiger partial charge >= 0.3 is 5.97 Å². The number of thiocarbonyl (C=S) groups is 1. The summed E-state index contributed by atoms with van der Waals surface area (Å²) in [7, 11) is 2.97. The number of carbonyl (C=O) groups is 1. The second-order valence-electron chi connectivity index (χ2n) is 6.48. The molecule has 0 saturated heterocycles. The number of carbonyl (C=O) groups excluding carboxylic acids is 1. The van der Waals surface area contributed by atoms with Crippen LogP contribution in [0, 0.1) is 6.92 Å². The van der Waals surface area contributed by atoms with Gasteiger partial charge in [-0.05, 0) is 68.4 Å². The molecule has 6 nitrogen and oxygen atoms in total. The van der Waals surface area contributed by atoms with Crippen molar-refractivity contribution in [1.82, 2.24) is 5.32 Å². The lowest BCUT2D eigenvalue weighted by Gasteiger charge is -2.16. The molecule has 0 atom stereocenters. The zero-order valence-corrected chi connectivity index (χ0v) is 17.6. The largest absolute Gasteiger partial charge is 0.493 e. The van der Waals surface area contributed by atoms with Crippen LogP contribution in [0.5, 0.6) is 11.5 Å². The molecule has 0 aliphatic rings. The van der Waals surface area contributed by atoms with E-state index in [1.165, 1.54) is 7.11 Å². The third-order valence-electron chi connectivity index (χ3n) is 3.95. The average Bonchev–Trinajstić information content (AvgIpc) is 2.67. The Morgan fingerprint density at radius 2 is 1.86 bits per heavy atom. The Kier molecular flexibility index (Phi) is 7.63. The molecule has 2 N–H and O–H groups in total. The van der Waals surface area contributed by atoms with Crippen LogP contribution in [0.1, 0.15) is 35.3 Å². The summed E-state index contributed by atoms with van der Waals surface area (Å²) in [5.74, 6) is 0.989. The highest BCUT2D eigenvalue weighted by atomic mass is 32.1. The quantitative estimate of drug-likeness (QED) is 0.534. The monoisotopic (exact) mass is 402 g/mol. The standard InChI is InChI=1S/C21H26N2O4S/c1-13(2)27-18-9-7-15(10-19(18)25-4)12-22-21(28)23-17-11-16(20(24)26-5)8-6-14(17)3/h6-11,13H,12H2,1-5H3,(H2,22,23,28). The fourth-order valence-electron chi connectivity index (χ4n) is 2.52. The van der Waals surface area contributed by atoms with E-state index in [1.54, 1.807) is 19.2 Å². The molecule has 0 aliphatic heterocycles. The first-order valence-corrected chi connectivity index (χ1v) is 9.32. The molecule has 0 fully saturated rings. The number of benzene rings is 2. The molecule has 0 amide bonds. The minimum Gasteiger partial charge on any atom is -0.493 e. The van der Waals surface area contributed by atoms with Crippen molar-refractivity contribution in [3.8, 4) is 11.5 Å². The summed E-state index contributed by atoms with van der Waals surface area (Å²) in [6.07, 6.45) is 0.0682. The maximum Gasteiger partial charge on any atom is 0.337 e. The van der Waals surface area contributed by atoms with Gasteiger partial charge in [0.25, 0.3) is 0 Å². The summed E-state index contributed by atoms with van der Waals surface area (Å²) < 4.78 is 15.9. The molecule has 28 heavy (non-hydrogen) atoms. The molecule has 0 heterocycles. The lowest BCUT2D eigenvalue weighted by molar-refractivity contribution is 0.0601. The van der Waals surface area contributed by atoms with Gasteiger partial charge in [0.05, 0.1) is 25.9 Å². The van der Waals surface area contributed by atoms with Crippen molar-refractivity contribution in [3.05, 3.63) is 53.1 Å². The fraction of sp³-hybridized carbons (Fsp3) is 0.333. The molecule has 2 aromatic rings. The van der Waals surface area contributed by atoms with Gasteiger partial charge in [-0.1, -0.05) is 12.1 Å². The number of esters is 1. The minimum absolute atomic E-state index is 0.0682. The maximum absolute atomic E-state index is 11.7. The first-order valence-electron chi connectivity index (χ1n) is 8.91. The Hall–Kier alpha value is -2.80. The zero-order chi connectivity index (χ0) is 20.7. The third-order valence-corrected chi connectivity index (χ3v) is 4.20. The Bertz CT molecular complexity index is 852. The number of rotatable bonds is 7. The van der Waals surface area contributed by atoms with E-state index in [2.05, 4.69) is 10.6 Å². The molecule has 0 aromatic heterocycles. The van der Waals surface area contributed by atoms with E-state index in [4.69, 9.17) is 26.4 Å². The highest BCUT2D eigenvalue weighted by Crippen LogP contribution is 2.29. The van der Waals surface area contributed by atoms with Gasteiger partial charge in [0.1, 0.15) is 0 Å². The first kappa shape index (κ1) is 21.5. The predicted octanol–water partition coefficient (Wildman–Crippen LogP) is 4.06. The molecular weight excluding hydrogens is 376 g/mol. The number of hydrogen-bond acceptors (Lipinski definition) is 5. The van der Waals surface area contributed by atoms with Crippen molar-refractivity contribution in [1.29, 1.82) is 0 Å². The van der Waals surface area contributed by atoms with Crippen LogP contribution in [0.3, 0.4) is 0 Å². The molecule has 150 valence electrons. The van der Waals surface area contributed by atoms with Gasteiger partial charge in [-0.3, -0.25) is 0 Å². The number of nitrogens with one attached hydrogen (secondary N) is 2. The summed E-state index contributed by atoms with van der Waals surface area (Å²) in [5, 5.41) is 6.73. The van der Waals surface area contributed by atoms with E-state index in [-0.39, 0.29) is 6.10 Å². The lowest BCUT2D eigenvalue weighted by atomic mass is 10.1. The van der Waals surface area contributed by atoms with Gasteiger partial charge in [0.15, 0.2) is 16.6 Å². The van der Waals surface area contributed by atoms with E-state index in [1.807, 2.05) is 45.0 Å². The Morgan fingerprint density at radius 3 is 2.50 bits per heavy atom. The van der Waals surface area contributed by atoms with Gasteiger partial charge in [-0.2, -0.15) is 0 Å². The summed E-state index contributed by atoms with van der Waals surface area (Å²) in [4.78, 5) is 11.7. The maximum atomic E-state index is 11.7. The Balaban J connectivity index is 2.02. The second-order valence-corrected chi connectivity index (χ2v) is 6.89. The van der Waals surface area contributed by atoms with E-state index < -0.39 is 5.97 Å². The SMILES string of the molecule is COC(=O)c1ccc(C)c(NC(=S)NCc2ccc(OC(C)C)c(OC)c2)c1. The average molecular weight is 403 g/mol. The van der Waals surface area contributed by atoms with Crippen molar-refractivity contribution in [2.24, 2.45) is 0 Å². The van der Waals surface area contributed by atoms with Gasteiger partial charge in [-0.25, -0.2) is 4.79 Å². The third kappa shape index (κ3) is 5.85. The van der Waals surface area contributed by atoms with Gasteiger partial charge in [0.2, 0.25) is 0 Å². The van der Waals surface area contributed by atoms with Gasteiger partial charge < -0.3 is 24.8 Å². The fourth-order valence-corrected chi connectivity index (χ4v) is 2.71. The van der Waals surface area contributed by atoms with E-state index >= 15 is 0 Å². The molecular formula is C21H26N2O4S. The van der Waals surface area contributed by atoms with Crippen molar-refractivity contribution >= 4 is 29.0 Å². The van der Waals surface area contributed by atoms with Crippen molar-refractivity contribution in [2.45, 2.75) is 33.4 Å².